The maximum Gasteiger partial charge on any atom is 0.257 e. The molecule has 2 aromatic rings. The Bertz CT molecular complexity index is 937. The van der Waals surface area contributed by atoms with Crippen molar-refractivity contribution in [2.75, 3.05) is 32.0 Å². The lowest BCUT2D eigenvalue weighted by Gasteiger charge is -2.19. The number of nitrogens with zero attached hydrogens (tertiary/aromatic N) is 2. The van der Waals surface area contributed by atoms with Crippen LogP contribution >= 0.6 is 0 Å². The largest absolute Gasteiger partial charge is 0.356 e. The fourth-order valence-electron chi connectivity index (χ4n) is 3.17. The molecule has 2 aromatic carbocycles. The molecule has 0 radical (unpaired) electrons. The number of rotatable bonds is 7. The topological polar surface area (TPSA) is 85.8 Å². The summed E-state index contributed by atoms with van der Waals surface area (Å²) in [4.78, 5) is 31.1. The van der Waals surface area contributed by atoms with E-state index < -0.39 is 0 Å². The molecule has 0 saturated heterocycles. The lowest BCUT2D eigenvalue weighted by atomic mass is 10.1. The maximum absolute atomic E-state index is 12.7. The fourth-order valence-corrected chi connectivity index (χ4v) is 3.17. The van der Waals surface area contributed by atoms with Gasteiger partial charge in [-0.05, 0) is 61.2 Å². The van der Waals surface area contributed by atoms with Gasteiger partial charge in [0, 0.05) is 49.2 Å². The molecule has 0 bridgehead atoms. The molecule has 1 aliphatic heterocycles. The molecule has 0 atom stereocenters. The van der Waals surface area contributed by atoms with Crippen molar-refractivity contribution in [1.82, 2.24) is 15.5 Å². The molecule has 164 valence electrons. The van der Waals surface area contributed by atoms with Gasteiger partial charge in [0.05, 0.1) is 0 Å². The Balaban J connectivity index is 1.61. The molecule has 0 unspecified atom stereocenters. The Labute approximate surface area is 183 Å². The van der Waals surface area contributed by atoms with Crippen LogP contribution in [0.25, 0.3) is 0 Å². The second kappa shape index (κ2) is 10.6. The van der Waals surface area contributed by atoms with E-state index in [4.69, 9.17) is 0 Å². The van der Waals surface area contributed by atoms with Crippen molar-refractivity contribution in [3.05, 3.63) is 59.7 Å². The van der Waals surface area contributed by atoms with Crippen molar-refractivity contribution in [3.63, 3.8) is 0 Å². The second-order valence-corrected chi connectivity index (χ2v) is 8.16. The Hall–Kier alpha value is -3.35. The van der Waals surface area contributed by atoms with Crippen LogP contribution < -0.4 is 16.0 Å². The van der Waals surface area contributed by atoms with Gasteiger partial charge in [-0.25, -0.2) is 0 Å². The van der Waals surface area contributed by atoms with E-state index >= 15 is 0 Å². The molecule has 1 heterocycles. The Morgan fingerprint density at radius 2 is 1.87 bits per heavy atom. The lowest BCUT2D eigenvalue weighted by Crippen LogP contribution is -2.43. The molecule has 0 spiro atoms. The zero-order valence-corrected chi connectivity index (χ0v) is 18.4. The fraction of sp³-hybridized carbons (Fsp3) is 0.375. The smallest absolute Gasteiger partial charge is 0.257 e. The number of benzene rings is 2. The molecule has 0 aliphatic carbocycles. The third kappa shape index (κ3) is 6.57. The van der Waals surface area contributed by atoms with Crippen LogP contribution in [0.3, 0.4) is 0 Å². The van der Waals surface area contributed by atoms with Crippen LogP contribution in [0.5, 0.6) is 0 Å². The van der Waals surface area contributed by atoms with Gasteiger partial charge in [0.1, 0.15) is 0 Å². The van der Waals surface area contributed by atoms with Crippen LogP contribution in [0.2, 0.25) is 0 Å². The van der Waals surface area contributed by atoms with Gasteiger partial charge in [-0.1, -0.05) is 19.9 Å². The first-order chi connectivity index (χ1) is 14.9. The monoisotopic (exact) mass is 421 g/mol. The number of guanidine groups is 1. The Kier molecular flexibility index (Phi) is 7.65. The van der Waals surface area contributed by atoms with Crippen molar-refractivity contribution in [1.29, 1.82) is 0 Å². The third-order valence-electron chi connectivity index (χ3n) is 5.06. The summed E-state index contributed by atoms with van der Waals surface area (Å²) < 4.78 is 0. The van der Waals surface area contributed by atoms with E-state index in [1.54, 1.807) is 17.0 Å². The highest BCUT2D eigenvalue weighted by atomic mass is 16.2. The van der Waals surface area contributed by atoms with E-state index in [-0.39, 0.29) is 11.8 Å². The van der Waals surface area contributed by atoms with E-state index in [1.807, 2.05) is 43.4 Å². The van der Waals surface area contributed by atoms with Gasteiger partial charge in [-0.15, -0.1) is 0 Å². The van der Waals surface area contributed by atoms with E-state index in [0.717, 1.165) is 43.9 Å². The molecule has 7 heteroatoms. The lowest BCUT2D eigenvalue weighted by molar-refractivity contribution is 0.0789. The average Bonchev–Trinajstić information content (AvgIpc) is 2.78. The van der Waals surface area contributed by atoms with Crippen LogP contribution in [0.4, 0.5) is 11.4 Å². The van der Waals surface area contributed by atoms with E-state index in [0.29, 0.717) is 23.0 Å². The number of nitrogens with one attached hydrogen (secondary N) is 3. The minimum atomic E-state index is -0.197. The molecule has 7 nitrogen and oxygen atoms in total. The number of carbonyl (C=O) groups is 2. The zero-order chi connectivity index (χ0) is 22.2. The number of aliphatic imine (C=N–C) groups is 1. The molecule has 0 saturated carbocycles. The minimum absolute atomic E-state index is 0.00977. The van der Waals surface area contributed by atoms with Gasteiger partial charge in [-0.2, -0.15) is 0 Å². The highest BCUT2D eigenvalue weighted by Gasteiger charge is 2.13. The summed E-state index contributed by atoms with van der Waals surface area (Å²) in [5, 5.41) is 9.16. The van der Waals surface area contributed by atoms with E-state index in [1.165, 1.54) is 0 Å². The summed E-state index contributed by atoms with van der Waals surface area (Å²) in [5.74, 6) is 0.894. The summed E-state index contributed by atoms with van der Waals surface area (Å²) in [6, 6.07) is 14.7. The first kappa shape index (κ1) is 22.3. The van der Waals surface area contributed by atoms with E-state index in [2.05, 4.69) is 34.8 Å². The molecule has 3 rings (SSSR count). The van der Waals surface area contributed by atoms with Crippen molar-refractivity contribution in [2.45, 2.75) is 26.7 Å². The number of carbonyl (C=O) groups excluding carboxylic acids is 2. The molecule has 1 aliphatic rings. The average molecular weight is 422 g/mol. The van der Waals surface area contributed by atoms with Crippen molar-refractivity contribution in [2.24, 2.45) is 10.9 Å². The predicted octanol–water partition coefficient (Wildman–Crippen LogP) is 3.63. The summed E-state index contributed by atoms with van der Waals surface area (Å²) in [6.07, 6.45) is 1.95. The van der Waals surface area contributed by atoms with Gasteiger partial charge in [0.2, 0.25) is 0 Å². The molecule has 2 amide bonds. The van der Waals surface area contributed by atoms with Crippen LogP contribution in [0.1, 0.15) is 47.4 Å². The Morgan fingerprint density at radius 3 is 2.55 bits per heavy atom. The standard InChI is InChI=1S/C24H31N5O2/c1-17(2)12-15-29(3)23(31)19-6-4-7-21(16-19)27-20-10-8-18(9-11-20)22(30)28-24-25-13-5-14-26-24/h4,6-11,16-17,27H,5,12-15H2,1-3H3,(H2,25,26,28,30). The first-order valence-corrected chi connectivity index (χ1v) is 10.7. The summed E-state index contributed by atoms with van der Waals surface area (Å²) in [5.41, 5.74) is 2.85. The maximum atomic E-state index is 12.7. The quantitative estimate of drug-likeness (QED) is 0.637. The van der Waals surface area contributed by atoms with Crippen molar-refractivity contribution < 1.29 is 9.59 Å². The van der Waals surface area contributed by atoms with Crippen LogP contribution in [0, 0.1) is 5.92 Å². The van der Waals surface area contributed by atoms with Crippen molar-refractivity contribution in [3.8, 4) is 0 Å². The molecular formula is C24H31N5O2. The number of amides is 2. The summed E-state index contributed by atoms with van der Waals surface area (Å²) >= 11 is 0. The molecular weight excluding hydrogens is 390 g/mol. The van der Waals surface area contributed by atoms with Crippen LogP contribution in [0.15, 0.2) is 53.5 Å². The van der Waals surface area contributed by atoms with Gasteiger partial charge >= 0.3 is 0 Å². The molecule has 0 aromatic heterocycles. The van der Waals surface area contributed by atoms with Gasteiger partial charge < -0.3 is 15.5 Å². The normalized spacial score (nSPS) is 13.2. The third-order valence-corrected chi connectivity index (χ3v) is 5.06. The zero-order valence-electron chi connectivity index (χ0n) is 18.4. The van der Waals surface area contributed by atoms with E-state index in [9.17, 15) is 9.59 Å². The minimum Gasteiger partial charge on any atom is -0.356 e. The molecule has 31 heavy (non-hydrogen) atoms. The Morgan fingerprint density at radius 1 is 1.10 bits per heavy atom. The second-order valence-electron chi connectivity index (χ2n) is 8.16. The highest BCUT2D eigenvalue weighted by molar-refractivity contribution is 6.06. The predicted molar refractivity (Wildman–Crippen MR) is 125 cm³/mol. The van der Waals surface area contributed by atoms with Crippen LogP contribution in [-0.2, 0) is 0 Å². The van der Waals surface area contributed by atoms with Crippen LogP contribution in [-0.4, -0.2) is 49.4 Å². The first-order valence-electron chi connectivity index (χ1n) is 10.7. The molecule has 3 N–H and O–H groups in total. The summed E-state index contributed by atoms with van der Waals surface area (Å²) in [6.45, 7) is 6.58. The summed E-state index contributed by atoms with van der Waals surface area (Å²) in [7, 11) is 1.84. The highest BCUT2D eigenvalue weighted by Crippen LogP contribution is 2.19. The SMILES string of the molecule is CC(C)CCN(C)C(=O)c1cccc(Nc2ccc(C(=O)NC3=NCCCN3)cc2)c1. The number of hydrogen-bond acceptors (Lipinski definition) is 5. The molecule has 0 fully saturated rings. The number of hydrogen-bond donors (Lipinski definition) is 3. The van der Waals surface area contributed by atoms with Gasteiger partial charge in [0.15, 0.2) is 5.96 Å². The number of anilines is 2. The van der Waals surface area contributed by atoms with Crippen molar-refractivity contribution >= 4 is 29.1 Å². The van der Waals surface area contributed by atoms with Gasteiger partial charge in [0.25, 0.3) is 11.8 Å². The van der Waals surface area contributed by atoms with Gasteiger partial charge in [-0.3, -0.25) is 19.9 Å².